The highest BCUT2D eigenvalue weighted by atomic mass is 16.6. The number of ketones is 1. The highest BCUT2D eigenvalue weighted by Crippen LogP contribution is 2.29. The Morgan fingerprint density at radius 1 is 1.40 bits per heavy atom. The van der Waals surface area contributed by atoms with E-state index in [9.17, 15) is 14.9 Å². The first-order valence-electron chi connectivity index (χ1n) is 6.96. The van der Waals surface area contributed by atoms with Gasteiger partial charge >= 0.3 is 0 Å². The van der Waals surface area contributed by atoms with E-state index < -0.39 is 4.92 Å². The predicted octanol–water partition coefficient (Wildman–Crippen LogP) is 3.30. The van der Waals surface area contributed by atoms with Gasteiger partial charge in [-0.05, 0) is 25.3 Å². The van der Waals surface area contributed by atoms with Gasteiger partial charge in [0.25, 0.3) is 5.69 Å². The van der Waals surface area contributed by atoms with Crippen LogP contribution in [0, 0.1) is 16.0 Å². The molecule has 0 spiro atoms. The summed E-state index contributed by atoms with van der Waals surface area (Å²) in [7, 11) is 1.53. The lowest BCUT2D eigenvalue weighted by atomic mass is 9.96. The third-order valence-corrected chi connectivity index (χ3v) is 3.93. The van der Waals surface area contributed by atoms with Gasteiger partial charge in [0.15, 0.2) is 0 Å². The molecule has 0 N–H and O–H groups in total. The molecule has 1 aromatic carbocycles. The molecule has 2 rings (SSSR count). The smallest absolute Gasteiger partial charge is 0.269 e. The molecular formula is C15H19NO4. The maximum atomic E-state index is 12.1. The molecule has 0 amide bonds. The minimum Gasteiger partial charge on any atom is -0.496 e. The van der Waals surface area contributed by atoms with Gasteiger partial charge in [0, 0.05) is 30.0 Å². The average molecular weight is 277 g/mol. The highest BCUT2D eigenvalue weighted by molar-refractivity contribution is 5.81. The number of Topliss-reactive ketones (excluding diaryl/α,β-unsaturated/α-hetero) is 1. The van der Waals surface area contributed by atoms with Crippen LogP contribution in [0.15, 0.2) is 18.2 Å². The molecule has 1 fully saturated rings. The summed E-state index contributed by atoms with van der Waals surface area (Å²) in [6.45, 7) is 0. The number of methoxy groups -OCH3 is 1. The first kappa shape index (κ1) is 14.5. The summed E-state index contributed by atoms with van der Waals surface area (Å²) in [4.78, 5) is 22.4. The Labute approximate surface area is 118 Å². The van der Waals surface area contributed by atoms with Gasteiger partial charge in [0.05, 0.1) is 12.0 Å². The topological polar surface area (TPSA) is 69.4 Å². The van der Waals surface area contributed by atoms with Crippen molar-refractivity contribution in [2.45, 2.75) is 38.5 Å². The molecule has 0 bridgehead atoms. The second-order valence-corrected chi connectivity index (χ2v) is 5.20. The van der Waals surface area contributed by atoms with E-state index in [1.54, 1.807) is 6.07 Å². The number of carbonyl (C=O) groups excluding carboxylic acids is 1. The quantitative estimate of drug-likeness (QED) is 0.591. The van der Waals surface area contributed by atoms with Crippen molar-refractivity contribution in [2.24, 2.45) is 5.92 Å². The van der Waals surface area contributed by atoms with Crippen LogP contribution in [0.2, 0.25) is 0 Å². The summed E-state index contributed by atoms with van der Waals surface area (Å²) < 4.78 is 5.20. The number of rotatable bonds is 6. The minimum atomic E-state index is -0.429. The number of nitro benzene ring substituents is 1. The summed E-state index contributed by atoms with van der Waals surface area (Å²) >= 11 is 0. The molecule has 20 heavy (non-hydrogen) atoms. The van der Waals surface area contributed by atoms with Crippen LogP contribution < -0.4 is 4.74 Å². The molecule has 0 aliphatic heterocycles. The van der Waals surface area contributed by atoms with Crippen LogP contribution in [0.5, 0.6) is 5.75 Å². The Kier molecular flexibility index (Phi) is 4.71. The Morgan fingerprint density at radius 3 is 2.70 bits per heavy atom. The van der Waals surface area contributed by atoms with E-state index in [-0.39, 0.29) is 17.4 Å². The highest BCUT2D eigenvalue weighted by Gasteiger charge is 2.22. The number of ether oxygens (including phenoxy) is 1. The molecule has 0 atom stereocenters. The van der Waals surface area contributed by atoms with Gasteiger partial charge in [-0.2, -0.15) is 0 Å². The summed E-state index contributed by atoms with van der Waals surface area (Å²) in [6, 6.07) is 4.51. The molecule has 0 unspecified atom stereocenters. The van der Waals surface area contributed by atoms with Gasteiger partial charge in [0.2, 0.25) is 0 Å². The molecule has 0 aromatic heterocycles. The number of hydrogen-bond acceptors (Lipinski definition) is 4. The van der Waals surface area contributed by atoms with E-state index in [4.69, 9.17) is 4.74 Å². The van der Waals surface area contributed by atoms with Gasteiger partial charge in [-0.25, -0.2) is 0 Å². The first-order valence-corrected chi connectivity index (χ1v) is 6.96. The lowest BCUT2D eigenvalue weighted by Gasteiger charge is -2.10. The van der Waals surface area contributed by atoms with Gasteiger partial charge in [0.1, 0.15) is 11.5 Å². The summed E-state index contributed by atoms with van der Waals surface area (Å²) in [5, 5.41) is 10.8. The Balaban J connectivity index is 2.05. The van der Waals surface area contributed by atoms with Crippen molar-refractivity contribution >= 4 is 11.5 Å². The van der Waals surface area contributed by atoms with Crippen molar-refractivity contribution in [3.63, 3.8) is 0 Å². The average Bonchev–Trinajstić information content (AvgIpc) is 2.98. The van der Waals surface area contributed by atoms with Gasteiger partial charge in [-0.1, -0.05) is 12.8 Å². The second kappa shape index (κ2) is 6.50. The normalized spacial score (nSPS) is 15.2. The van der Waals surface area contributed by atoms with E-state index in [1.165, 1.54) is 19.2 Å². The maximum Gasteiger partial charge on any atom is 0.269 e. The van der Waals surface area contributed by atoms with Crippen LogP contribution >= 0.6 is 0 Å². The molecule has 5 nitrogen and oxygen atoms in total. The molecule has 1 aliphatic carbocycles. The predicted molar refractivity (Wildman–Crippen MR) is 74.9 cm³/mol. The largest absolute Gasteiger partial charge is 0.496 e. The van der Waals surface area contributed by atoms with Gasteiger partial charge in [-0.15, -0.1) is 0 Å². The number of hydrogen-bond donors (Lipinski definition) is 0. The van der Waals surface area contributed by atoms with Crippen LogP contribution in [-0.2, 0) is 11.2 Å². The molecule has 1 aliphatic rings. The minimum absolute atomic E-state index is 0.0362. The number of nitro groups is 1. The van der Waals surface area contributed by atoms with Crippen molar-refractivity contribution < 1.29 is 14.5 Å². The summed E-state index contributed by atoms with van der Waals surface area (Å²) in [6.07, 6.45) is 5.19. The fourth-order valence-electron chi connectivity index (χ4n) is 2.78. The van der Waals surface area contributed by atoms with E-state index in [0.29, 0.717) is 18.6 Å². The fourth-order valence-corrected chi connectivity index (χ4v) is 2.78. The zero-order valence-corrected chi connectivity index (χ0v) is 11.6. The molecule has 1 saturated carbocycles. The summed E-state index contributed by atoms with van der Waals surface area (Å²) in [5.41, 5.74) is 0.766. The van der Waals surface area contributed by atoms with Crippen LogP contribution in [-0.4, -0.2) is 17.8 Å². The fraction of sp³-hybridized carbons (Fsp3) is 0.533. The monoisotopic (exact) mass is 277 g/mol. The van der Waals surface area contributed by atoms with E-state index in [0.717, 1.165) is 31.2 Å². The Hall–Kier alpha value is -1.91. The number of carbonyl (C=O) groups is 1. The zero-order chi connectivity index (χ0) is 14.5. The Morgan fingerprint density at radius 2 is 2.10 bits per heavy atom. The second-order valence-electron chi connectivity index (χ2n) is 5.20. The summed E-state index contributed by atoms with van der Waals surface area (Å²) in [5.74, 6) is 1.07. The Bertz CT molecular complexity index is 507. The number of non-ortho nitro benzene ring substituents is 1. The van der Waals surface area contributed by atoms with Crippen LogP contribution in [0.1, 0.15) is 37.7 Å². The molecule has 108 valence electrons. The van der Waals surface area contributed by atoms with Crippen molar-refractivity contribution in [3.05, 3.63) is 33.9 Å². The van der Waals surface area contributed by atoms with Crippen molar-refractivity contribution in [1.29, 1.82) is 0 Å². The lowest BCUT2D eigenvalue weighted by Crippen LogP contribution is -2.11. The number of benzene rings is 1. The third kappa shape index (κ3) is 3.35. The van der Waals surface area contributed by atoms with Gasteiger partial charge < -0.3 is 4.74 Å². The van der Waals surface area contributed by atoms with Crippen LogP contribution in [0.3, 0.4) is 0 Å². The number of aryl methyl sites for hydroxylation is 1. The molecule has 5 heteroatoms. The van der Waals surface area contributed by atoms with E-state index in [1.807, 2.05) is 0 Å². The zero-order valence-electron chi connectivity index (χ0n) is 11.6. The van der Waals surface area contributed by atoms with Crippen molar-refractivity contribution in [3.8, 4) is 5.75 Å². The van der Waals surface area contributed by atoms with E-state index in [2.05, 4.69) is 0 Å². The lowest BCUT2D eigenvalue weighted by molar-refractivity contribution is -0.384. The molecule has 1 aromatic rings. The maximum absolute atomic E-state index is 12.1. The SMILES string of the molecule is COc1ccc([N+](=O)[O-])cc1CCC(=O)C1CCCC1. The first-order chi connectivity index (χ1) is 9.61. The molecular weight excluding hydrogens is 258 g/mol. The standard InChI is InChI=1S/C15H19NO4/c1-20-15-9-7-13(16(18)19)10-12(15)6-8-14(17)11-4-2-3-5-11/h7,9-11H,2-6,8H2,1H3. The van der Waals surface area contributed by atoms with E-state index >= 15 is 0 Å². The van der Waals surface area contributed by atoms with Crippen molar-refractivity contribution in [1.82, 2.24) is 0 Å². The third-order valence-electron chi connectivity index (χ3n) is 3.93. The molecule has 0 radical (unpaired) electrons. The van der Waals surface area contributed by atoms with Gasteiger partial charge in [-0.3, -0.25) is 14.9 Å². The van der Waals surface area contributed by atoms with Crippen molar-refractivity contribution in [2.75, 3.05) is 7.11 Å². The number of nitrogens with zero attached hydrogens (tertiary/aromatic N) is 1. The van der Waals surface area contributed by atoms with Crippen LogP contribution in [0.25, 0.3) is 0 Å². The molecule has 0 saturated heterocycles. The van der Waals surface area contributed by atoms with Crippen LogP contribution in [0.4, 0.5) is 5.69 Å². The molecule has 0 heterocycles.